The number of aromatic amines is 1. The molecule has 0 atom stereocenters. The van der Waals surface area contributed by atoms with Gasteiger partial charge in [-0.2, -0.15) is 0 Å². The number of fused-ring (bicyclic) bond motifs is 3. The van der Waals surface area contributed by atoms with Crippen LogP contribution in [0.5, 0.6) is 0 Å². The van der Waals surface area contributed by atoms with Crippen LogP contribution in [0.4, 0.5) is 4.39 Å². The molecule has 1 N–H and O–H groups in total. The van der Waals surface area contributed by atoms with Crippen LogP contribution < -0.4 is 0 Å². The first kappa shape index (κ1) is 14.3. The van der Waals surface area contributed by atoms with E-state index in [9.17, 15) is 9.18 Å². The van der Waals surface area contributed by atoms with Gasteiger partial charge in [-0.3, -0.25) is 4.79 Å². The van der Waals surface area contributed by atoms with Gasteiger partial charge in [0.2, 0.25) is 0 Å². The van der Waals surface area contributed by atoms with Gasteiger partial charge in [0.25, 0.3) is 5.91 Å². The number of hydrogen-bond acceptors (Lipinski definition) is 1. The summed E-state index contributed by atoms with van der Waals surface area (Å²) in [5.74, 6) is -0.416. The highest BCUT2D eigenvalue weighted by molar-refractivity contribution is 6.31. The fraction of sp³-hybridized carbons (Fsp3) is 0.167. The zero-order chi connectivity index (χ0) is 16.0. The molecular weight excluding hydrogens is 315 g/mol. The van der Waals surface area contributed by atoms with Gasteiger partial charge in [-0.1, -0.05) is 11.6 Å². The van der Waals surface area contributed by atoms with Crippen molar-refractivity contribution in [3.63, 3.8) is 0 Å². The lowest BCUT2D eigenvalue weighted by Crippen LogP contribution is -2.35. The topological polar surface area (TPSA) is 36.1 Å². The average molecular weight is 329 g/mol. The highest BCUT2D eigenvalue weighted by atomic mass is 35.5. The van der Waals surface area contributed by atoms with E-state index in [1.165, 1.54) is 24.3 Å². The molecule has 0 spiro atoms. The number of nitrogens with zero attached hydrogens (tertiary/aromatic N) is 1. The van der Waals surface area contributed by atoms with Gasteiger partial charge in [-0.15, -0.1) is 0 Å². The van der Waals surface area contributed by atoms with Crippen molar-refractivity contribution in [1.82, 2.24) is 9.88 Å². The Morgan fingerprint density at radius 2 is 1.96 bits per heavy atom. The fourth-order valence-corrected chi connectivity index (χ4v) is 3.31. The third-order valence-corrected chi connectivity index (χ3v) is 4.55. The second-order valence-electron chi connectivity index (χ2n) is 5.76. The molecule has 3 nitrogen and oxygen atoms in total. The summed E-state index contributed by atoms with van der Waals surface area (Å²) >= 11 is 6.10. The average Bonchev–Trinajstić information content (AvgIpc) is 2.92. The fourth-order valence-electron chi connectivity index (χ4n) is 3.13. The van der Waals surface area contributed by atoms with E-state index in [1.807, 2.05) is 18.2 Å². The molecule has 23 heavy (non-hydrogen) atoms. The Balaban J connectivity index is 1.67. The van der Waals surface area contributed by atoms with Crippen LogP contribution in [-0.2, 0) is 13.0 Å². The van der Waals surface area contributed by atoms with Crippen molar-refractivity contribution >= 4 is 28.4 Å². The number of carbonyl (C=O) groups is 1. The number of rotatable bonds is 1. The summed E-state index contributed by atoms with van der Waals surface area (Å²) in [5, 5.41) is 1.74. The molecule has 0 saturated carbocycles. The second-order valence-corrected chi connectivity index (χ2v) is 6.19. The normalized spacial score (nSPS) is 14.1. The van der Waals surface area contributed by atoms with Gasteiger partial charge >= 0.3 is 0 Å². The minimum Gasteiger partial charge on any atom is -0.358 e. The molecule has 1 aromatic heterocycles. The lowest BCUT2D eigenvalue weighted by Gasteiger charge is -2.27. The smallest absolute Gasteiger partial charge is 0.254 e. The minimum absolute atomic E-state index is 0.0768. The maximum atomic E-state index is 13.0. The van der Waals surface area contributed by atoms with Gasteiger partial charge in [-0.25, -0.2) is 4.39 Å². The molecule has 2 heterocycles. The summed E-state index contributed by atoms with van der Waals surface area (Å²) in [7, 11) is 0. The molecular formula is C18H14ClFN2O. The Labute approximate surface area is 137 Å². The van der Waals surface area contributed by atoms with Crippen LogP contribution in [0.3, 0.4) is 0 Å². The number of halogens is 2. The van der Waals surface area contributed by atoms with Gasteiger partial charge in [0.1, 0.15) is 5.82 Å². The Morgan fingerprint density at radius 3 is 2.74 bits per heavy atom. The maximum Gasteiger partial charge on any atom is 0.254 e. The molecule has 1 aliphatic rings. The van der Waals surface area contributed by atoms with E-state index in [4.69, 9.17) is 11.6 Å². The number of carbonyl (C=O) groups excluding carboxylic acids is 1. The Kier molecular flexibility index (Phi) is 3.34. The quantitative estimate of drug-likeness (QED) is 0.715. The van der Waals surface area contributed by atoms with Crippen molar-refractivity contribution in [1.29, 1.82) is 0 Å². The number of nitrogens with one attached hydrogen (secondary N) is 1. The van der Waals surface area contributed by atoms with E-state index in [-0.39, 0.29) is 11.7 Å². The van der Waals surface area contributed by atoms with E-state index >= 15 is 0 Å². The first-order chi connectivity index (χ1) is 11.1. The number of hydrogen-bond donors (Lipinski definition) is 1. The van der Waals surface area contributed by atoms with Crippen LogP contribution in [0.1, 0.15) is 21.6 Å². The van der Waals surface area contributed by atoms with Gasteiger partial charge in [-0.05, 0) is 42.5 Å². The Morgan fingerprint density at radius 1 is 1.17 bits per heavy atom. The van der Waals surface area contributed by atoms with Gasteiger partial charge in [0.05, 0.1) is 0 Å². The molecule has 1 amide bonds. The van der Waals surface area contributed by atoms with Crippen LogP contribution in [0.15, 0.2) is 42.5 Å². The van der Waals surface area contributed by atoms with Crippen molar-refractivity contribution < 1.29 is 9.18 Å². The predicted molar refractivity (Wildman–Crippen MR) is 88.2 cm³/mol. The van der Waals surface area contributed by atoms with E-state index in [2.05, 4.69) is 4.98 Å². The van der Waals surface area contributed by atoms with Gasteiger partial charge < -0.3 is 9.88 Å². The van der Waals surface area contributed by atoms with Crippen molar-refractivity contribution in [3.8, 4) is 0 Å². The van der Waals surface area contributed by atoms with Crippen LogP contribution in [-0.4, -0.2) is 22.3 Å². The van der Waals surface area contributed by atoms with Crippen molar-refractivity contribution in [2.75, 3.05) is 6.54 Å². The third kappa shape index (κ3) is 2.49. The predicted octanol–water partition coefficient (Wildman–Crippen LogP) is 4.16. The molecule has 0 saturated heterocycles. The Bertz CT molecular complexity index is 901. The molecule has 3 aromatic rings. The number of amides is 1. The highest BCUT2D eigenvalue weighted by Gasteiger charge is 2.24. The van der Waals surface area contributed by atoms with E-state index < -0.39 is 0 Å². The molecule has 5 heteroatoms. The molecule has 0 radical (unpaired) electrons. The van der Waals surface area contributed by atoms with E-state index in [1.54, 1.807) is 4.90 Å². The molecule has 1 aliphatic heterocycles. The second kappa shape index (κ2) is 5.39. The van der Waals surface area contributed by atoms with E-state index in [0.29, 0.717) is 23.7 Å². The molecule has 0 fully saturated rings. The van der Waals surface area contributed by atoms with Crippen LogP contribution >= 0.6 is 11.6 Å². The lowest BCUT2D eigenvalue weighted by molar-refractivity contribution is 0.0735. The van der Waals surface area contributed by atoms with Crippen molar-refractivity contribution in [2.45, 2.75) is 13.0 Å². The standard InChI is InChI=1S/C18H14ClFN2O/c19-12-3-6-16-14(9-12)15-10-22(8-7-17(15)21-16)18(23)11-1-4-13(20)5-2-11/h1-6,9,21H,7-8,10H2. The summed E-state index contributed by atoms with van der Waals surface area (Å²) in [6.45, 7) is 1.18. The van der Waals surface area contributed by atoms with Crippen molar-refractivity contribution in [2.24, 2.45) is 0 Å². The lowest BCUT2D eigenvalue weighted by atomic mass is 10.0. The SMILES string of the molecule is O=C(c1ccc(F)cc1)N1CCc2[nH]c3ccc(Cl)cc3c2C1. The van der Waals surface area contributed by atoms with Gasteiger partial charge in [0, 0.05) is 52.3 Å². The summed E-state index contributed by atoms with van der Waals surface area (Å²) in [6, 6.07) is 11.4. The highest BCUT2D eigenvalue weighted by Crippen LogP contribution is 2.30. The van der Waals surface area contributed by atoms with Crippen molar-refractivity contribution in [3.05, 3.63) is 70.1 Å². The largest absolute Gasteiger partial charge is 0.358 e. The Hall–Kier alpha value is -2.33. The molecule has 116 valence electrons. The minimum atomic E-state index is -0.339. The van der Waals surface area contributed by atoms with Gasteiger partial charge in [0.15, 0.2) is 0 Å². The summed E-state index contributed by atoms with van der Waals surface area (Å²) in [6.07, 6.45) is 0.772. The number of benzene rings is 2. The zero-order valence-corrected chi connectivity index (χ0v) is 13.0. The first-order valence-electron chi connectivity index (χ1n) is 7.45. The number of aromatic nitrogens is 1. The summed E-state index contributed by atoms with van der Waals surface area (Å²) in [5.41, 5.74) is 3.82. The molecule has 2 aromatic carbocycles. The monoisotopic (exact) mass is 328 g/mol. The zero-order valence-electron chi connectivity index (χ0n) is 12.3. The third-order valence-electron chi connectivity index (χ3n) is 4.32. The number of H-pyrrole nitrogens is 1. The van der Waals surface area contributed by atoms with E-state index in [0.717, 1.165) is 28.6 Å². The van der Waals surface area contributed by atoms with Crippen LogP contribution in [0.25, 0.3) is 10.9 Å². The first-order valence-corrected chi connectivity index (χ1v) is 7.83. The molecule has 0 aliphatic carbocycles. The molecule has 4 rings (SSSR count). The maximum absolute atomic E-state index is 13.0. The van der Waals surface area contributed by atoms with Crippen LogP contribution in [0, 0.1) is 5.82 Å². The van der Waals surface area contributed by atoms with Crippen LogP contribution in [0.2, 0.25) is 5.02 Å². The molecule has 0 unspecified atom stereocenters. The molecule has 0 bridgehead atoms. The summed E-state index contributed by atoms with van der Waals surface area (Å²) < 4.78 is 13.0. The summed E-state index contributed by atoms with van der Waals surface area (Å²) in [4.78, 5) is 17.8.